The largest absolute Gasteiger partial charge is 0.502 e. The summed E-state index contributed by atoms with van der Waals surface area (Å²) in [5, 5.41) is 28.7. The van der Waals surface area contributed by atoms with Gasteiger partial charge in [0.05, 0.1) is 11.0 Å². The van der Waals surface area contributed by atoms with E-state index in [0.717, 1.165) is 0 Å². The maximum absolute atomic E-state index is 10.4. The molecule has 0 unspecified atom stereocenters. The number of aromatic hydroxyl groups is 1. The molecule has 0 aliphatic heterocycles. The first-order valence-corrected chi connectivity index (χ1v) is 4.15. The molecule has 76 valence electrons. The molecule has 0 amide bonds. The van der Waals surface area contributed by atoms with Crippen molar-refractivity contribution in [3.8, 4) is 5.75 Å². The van der Waals surface area contributed by atoms with Crippen molar-refractivity contribution >= 4 is 5.69 Å². The first-order chi connectivity index (χ1) is 6.50. The van der Waals surface area contributed by atoms with E-state index >= 15 is 0 Å². The molecule has 0 fully saturated rings. The van der Waals surface area contributed by atoms with Crippen LogP contribution in [-0.2, 0) is 6.42 Å². The molecule has 5 heteroatoms. The minimum Gasteiger partial charge on any atom is -0.502 e. The van der Waals surface area contributed by atoms with Crippen LogP contribution in [0.25, 0.3) is 0 Å². The fourth-order valence-electron chi connectivity index (χ4n) is 1.18. The maximum Gasteiger partial charge on any atom is 0.310 e. The Kier molecular flexibility index (Phi) is 3.03. The number of aliphatic hydroxyl groups excluding tert-OH is 1. The predicted molar refractivity (Wildman–Crippen MR) is 50.1 cm³/mol. The van der Waals surface area contributed by atoms with Crippen molar-refractivity contribution in [3.05, 3.63) is 33.9 Å². The van der Waals surface area contributed by atoms with Crippen LogP contribution in [0.5, 0.6) is 5.75 Å². The number of rotatable bonds is 3. The van der Waals surface area contributed by atoms with Gasteiger partial charge in [-0.1, -0.05) is 6.07 Å². The van der Waals surface area contributed by atoms with Crippen molar-refractivity contribution in [1.82, 2.24) is 0 Å². The maximum atomic E-state index is 10.4. The molecule has 0 saturated heterocycles. The predicted octanol–water partition coefficient (Wildman–Crippen LogP) is 1.22. The van der Waals surface area contributed by atoms with E-state index in [1.807, 2.05) is 0 Å². The Morgan fingerprint density at radius 1 is 1.57 bits per heavy atom. The van der Waals surface area contributed by atoms with Crippen LogP contribution >= 0.6 is 0 Å². The molecule has 0 heterocycles. The normalized spacial score (nSPS) is 12.4. The molecule has 0 aliphatic carbocycles. The molecule has 0 saturated carbocycles. The number of benzene rings is 1. The van der Waals surface area contributed by atoms with E-state index in [9.17, 15) is 10.1 Å². The Morgan fingerprint density at radius 2 is 2.21 bits per heavy atom. The van der Waals surface area contributed by atoms with Crippen molar-refractivity contribution in [3.63, 3.8) is 0 Å². The lowest BCUT2D eigenvalue weighted by Crippen LogP contribution is -2.04. The van der Waals surface area contributed by atoms with Gasteiger partial charge in [0, 0.05) is 6.07 Å². The first kappa shape index (κ1) is 10.5. The van der Waals surface area contributed by atoms with Gasteiger partial charge in [0.25, 0.3) is 0 Å². The van der Waals surface area contributed by atoms with E-state index < -0.39 is 11.0 Å². The second-order valence-electron chi connectivity index (χ2n) is 3.13. The van der Waals surface area contributed by atoms with E-state index in [4.69, 9.17) is 10.2 Å². The molecule has 1 aromatic rings. The lowest BCUT2D eigenvalue weighted by Gasteiger charge is -2.04. The molecule has 1 rings (SSSR count). The number of hydrogen-bond donors (Lipinski definition) is 2. The van der Waals surface area contributed by atoms with E-state index in [1.165, 1.54) is 12.1 Å². The van der Waals surface area contributed by atoms with Crippen LogP contribution in [-0.4, -0.2) is 21.2 Å². The van der Waals surface area contributed by atoms with Gasteiger partial charge in [-0.2, -0.15) is 0 Å². The van der Waals surface area contributed by atoms with Crippen molar-refractivity contribution in [1.29, 1.82) is 0 Å². The van der Waals surface area contributed by atoms with Gasteiger partial charge in [-0.15, -0.1) is 0 Å². The van der Waals surface area contributed by atoms with E-state index in [2.05, 4.69) is 0 Å². The smallest absolute Gasteiger partial charge is 0.310 e. The fourth-order valence-corrected chi connectivity index (χ4v) is 1.18. The number of nitro benzene ring substituents is 1. The monoisotopic (exact) mass is 197 g/mol. The second kappa shape index (κ2) is 4.06. The van der Waals surface area contributed by atoms with E-state index in [-0.39, 0.29) is 11.4 Å². The van der Waals surface area contributed by atoms with Gasteiger partial charge >= 0.3 is 5.69 Å². The third-order valence-corrected chi connectivity index (χ3v) is 1.77. The quantitative estimate of drug-likeness (QED) is 0.563. The average Bonchev–Trinajstić information content (AvgIpc) is 2.07. The lowest BCUT2D eigenvalue weighted by atomic mass is 10.1. The first-order valence-electron chi connectivity index (χ1n) is 4.15. The van der Waals surface area contributed by atoms with Crippen LogP contribution in [0.15, 0.2) is 18.2 Å². The number of nitrogens with zero attached hydrogens (tertiary/aromatic N) is 1. The highest BCUT2D eigenvalue weighted by atomic mass is 16.6. The summed E-state index contributed by atoms with van der Waals surface area (Å²) in [5.41, 5.74) is 0.299. The Labute approximate surface area is 80.8 Å². The Morgan fingerprint density at radius 3 is 2.71 bits per heavy atom. The molecule has 1 atom stereocenters. The molecular weight excluding hydrogens is 186 g/mol. The fraction of sp³-hybridized carbons (Fsp3) is 0.333. The number of nitro groups is 1. The molecular formula is C9H11NO4. The summed E-state index contributed by atoms with van der Waals surface area (Å²) in [5.74, 6) is -0.357. The molecule has 2 N–H and O–H groups in total. The summed E-state index contributed by atoms with van der Waals surface area (Å²) in [7, 11) is 0. The van der Waals surface area contributed by atoms with Gasteiger partial charge in [-0.3, -0.25) is 10.1 Å². The van der Waals surface area contributed by atoms with Gasteiger partial charge in [-0.05, 0) is 25.0 Å². The summed E-state index contributed by atoms with van der Waals surface area (Å²) in [6, 6.07) is 4.08. The third kappa shape index (κ3) is 2.43. The molecule has 0 aliphatic rings. The second-order valence-corrected chi connectivity index (χ2v) is 3.13. The zero-order chi connectivity index (χ0) is 10.7. The topological polar surface area (TPSA) is 83.6 Å². The minimum atomic E-state index is -0.652. The number of aliphatic hydroxyl groups is 1. The van der Waals surface area contributed by atoms with Gasteiger partial charge in [0.15, 0.2) is 5.75 Å². The molecule has 1 aromatic carbocycles. The highest BCUT2D eigenvalue weighted by Crippen LogP contribution is 2.26. The van der Waals surface area contributed by atoms with Gasteiger partial charge in [0.1, 0.15) is 0 Å². The Balaban J connectivity index is 3.00. The minimum absolute atomic E-state index is 0.330. The number of hydrogen-bond acceptors (Lipinski definition) is 4. The van der Waals surface area contributed by atoms with Gasteiger partial charge in [-0.25, -0.2) is 0 Å². The molecule has 0 spiro atoms. The van der Waals surface area contributed by atoms with Crippen LogP contribution in [0, 0.1) is 10.1 Å². The van der Waals surface area contributed by atoms with Crippen LogP contribution in [0.1, 0.15) is 12.5 Å². The summed E-state index contributed by atoms with van der Waals surface area (Å²) >= 11 is 0. The van der Waals surface area contributed by atoms with E-state index in [1.54, 1.807) is 13.0 Å². The number of phenolic OH excluding ortho intramolecular Hbond substituents is 1. The zero-order valence-electron chi connectivity index (χ0n) is 7.67. The van der Waals surface area contributed by atoms with Crippen LogP contribution < -0.4 is 0 Å². The summed E-state index contributed by atoms with van der Waals surface area (Å²) < 4.78 is 0. The SMILES string of the molecule is C[C@@H](O)Cc1ccc(O)c([N+](=O)[O-])c1. The summed E-state index contributed by atoms with van der Waals surface area (Å²) in [6.07, 6.45) is -0.222. The highest BCUT2D eigenvalue weighted by molar-refractivity contribution is 5.47. The molecule has 0 radical (unpaired) electrons. The lowest BCUT2D eigenvalue weighted by molar-refractivity contribution is -0.385. The summed E-state index contributed by atoms with van der Waals surface area (Å²) in [6.45, 7) is 1.60. The summed E-state index contributed by atoms with van der Waals surface area (Å²) in [4.78, 5) is 9.79. The van der Waals surface area contributed by atoms with Crippen LogP contribution in [0.3, 0.4) is 0 Å². The molecule has 0 bridgehead atoms. The zero-order valence-corrected chi connectivity index (χ0v) is 7.67. The van der Waals surface area contributed by atoms with Gasteiger partial charge in [0.2, 0.25) is 0 Å². The van der Waals surface area contributed by atoms with Crippen molar-refractivity contribution in [2.75, 3.05) is 0 Å². The Hall–Kier alpha value is -1.62. The van der Waals surface area contributed by atoms with Crippen molar-refractivity contribution in [2.24, 2.45) is 0 Å². The Bertz CT molecular complexity index is 349. The average molecular weight is 197 g/mol. The highest BCUT2D eigenvalue weighted by Gasteiger charge is 2.13. The standard InChI is InChI=1S/C9H11NO4/c1-6(11)4-7-2-3-9(12)8(5-7)10(13)14/h2-3,5-6,11-12H,4H2,1H3/t6-/m1/s1. The molecule has 14 heavy (non-hydrogen) atoms. The van der Waals surface area contributed by atoms with Crippen LogP contribution in [0.2, 0.25) is 0 Å². The van der Waals surface area contributed by atoms with Crippen molar-refractivity contribution in [2.45, 2.75) is 19.4 Å². The third-order valence-electron chi connectivity index (χ3n) is 1.77. The van der Waals surface area contributed by atoms with Crippen LogP contribution in [0.4, 0.5) is 5.69 Å². The van der Waals surface area contributed by atoms with Crippen molar-refractivity contribution < 1.29 is 15.1 Å². The van der Waals surface area contributed by atoms with Gasteiger partial charge < -0.3 is 10.2 Å². The molecule has 0 aromatic heterocycles. The number of phenols is 1. The molecule has 5 nitrogen and oxygen atoms in total. The van der Waals surface area contributed by atoms with E-state index in [0.29, 0.717) is 12.0 Å².